The second-order valence-electron chi connectivity index (χ2n) is 5.38. The van der Waals surface area contributed by atoms with Gasteiger partial charge in [-0.2, -0.15) is 0 Å². The van der Waals surface area contributed by atoms with Gasteiger partial charge in [0.2, 0.25) is 0 Å². The maximum atomic E-state index is 11.7. The molecule has 0 bridgehead atoms. The summed E-state index contributed by atoms with van der Waals surface area (Å²) >= 11 is 0. The molecule has 1 aromatic heterocycles. The molecule has 1 rings (SSSR count). The van der Waals surface area contributed by atoms with Crippen LogP contribution in [-0.4, -0.2) is 53.2 Å². The minimum Gasteiger partial charge on any atom is -0.468 e. The van der Waals surface area contributed by atoms with E-state index in [-0.39, 0.29) is 18.1 Å². The largest absolute Gasteiger partial charge is 0.468 e. The minimum absolute atomic E-state index is 0.205. The van der Waals surface area contributed by atoms with Crippen LogP contribution in [0.25, 0.3) is 0 Å². The Hall–Kier alpha value is -1.40. The third kappa shape index (κ3) is 5.30. The number of nitrogens with one attached hydrogen (secondary N) is 1. The lowest BCUT2D eigenvalue weighted by molar-refractivity contribution is -0.143. The maximum absolute atomic E-state index is 11.7. The van der Waals surface area contributed by atoms with Gasteiger partial charge in [-0.05, 0) is 13.5 Å². The fourth-order valence-electron chi connectivity index (χ4n) is 2.03. The Morgan fingerprint density at radius 2 is 2.25 bits per heavy atom. The molecular formula is C14H26N4O2. The molecule has 1 heterocycles. The summed E-state index contributed by atoms with van der Waals surface area (Å²) in [6, 6.07) is -0.0113. The first-order valence-electron chi connectivity index (χ1n) is 6.92. The third-order valence-electron chi connectivity index (χ3n) is 3.15. The van der Waals surface area contributed by atoms with Crippen LogP contribution in [0, 0.1) is 0 Å². The summed E-state index contributed by atoms with van der Waals surface area (Å²) < 4.78 is 6.83. The molecule has 6 heteroatoms. The number of aromatic nitrogens is 2. The zero-order chi connectivity index (χ0) is 15.1. The third-order valence-corrected chi connectivity index (χ3v) is 3.15. The van der Waals surface area contributed by atoms with Gasteiger partial charge in [-0.25, -0.2) is 4.98 Å². The molecule has 1 unspecified atom stereocenters. The summed E-state index contributed by atoms with van der Waals surface area (Å²) in [5, 5.41) is 3.23. The number of hydrogen-bond donors (Lipinski definition) is 1. The van der Waals surface area contributed by atoms with Gasteiger partial charge in [-0.15, -0.1) is 0 Å². The molecule has 0 aromatic carbocycles. The molecule has 6 nitrogen and oxygen atoms in total. The summed E-state index contributed by atoms with van der Waals surface area (Å²) in [6.45, 7) is 5.60. The van der Waals surface area contributed by atoms with Crippen LogP contribution in [0.2, 0.25) is 0 Å². The second kappa shape index (κ2) is 8.01. The van der Waals surface area contributed by atoms with Crippen LogP contribution in [0.3, 0.4) is 0 Å². The first-order valence-corrected chi connectivity index (χ1v) is 6.92. The summed E-state index contributed by atoms with van der Waals surface area (Å²) in [5.74, 6) is 0.808. The van der Waals surface area contributed by atoms with Crippen LogP contribution in [-0.2, 0) is 23.1 Å². The minimum atomic E-state index is -0.260. The number of hydrogen-bond acceptors (Lipinski definition) is 5. The molecule has 0 aliphatic rings. The summed E-state index contributed by atoms with van der Waals surface area (Å²) in [6.07, 6.45) is 4.44. The number of methoxy groups -OCH3 is 1. The van der Waals surface area contributed by atoms with Crippen LogP contribution >= 0.6 is 0 Å². The van der Waals surface area contributed by atoms with Crippen LogP contribution in [0.5, 0.6) is 0 Å². The number of rotatable bonds is 8. The first-order chi connectivity index (χ1) is 9.43. The Labute approximate surface area is 121 Å². The standard InChI is InChI=1S/C14H26N4O2/c1-11(2)16-12(14(19)20-5)6-8-17(3)10-13-15-7-9-18(13)4/h7,9,11-12,16H,6,8,10H2,1-5H3. The van der Waals surface area contributed by atoms with Crippen molar-refractivity contribution in [3.8, 4) is 0 Å². The van der Waals surface area contributed by atoms with Gasteiger partial charge < -0.3 is 14.6 Å². The van der Waals surface area contributed by atoms with Crippen molar-refractivity contribution >= 4 is 5.97 Å². The second-order valence-corrected chi connectivity index (χ2v) is 5.38. The molecule has 0 fully saturated rings. The lowest BCUT2D eigenvalue weighted by atomic mass is 10.1. The zero-order valence-electron chi connectivity index (χ0n) is 13.1. The van der Waals surface area contributed by atoms with E-state index in [9.17, 15) is 4.79 Å². The lowest BCUT2D eigenvalue weighted by Gasteiger charge is -2.22. The lowest BCUT2D eigenvalue weighted by Crippen LogP contribution is -2.43. The van der Waals surface area contributed by atoms with Crippen LogP contribution in [0.1, 0.15) is 26.1 Å². The monoisotopic (exact) mass is 282 g/mol. The van der Waals surface area contributed by atoms with E-state index in [0.29, 0.717) is 6.42 Å². The van der Waals surface area contributed by atoms with Crippen molar-refractivity contribution in [1.82, 2.24) is 19.8 Å². The molecule has 20 heavy (non-hydrogen) atoms. The van der Waals surface area contributed by atoms with E-state index in [1.807, 2.05) is 38.7 Å². The highest BCUT2D eigenvalue weighted by molar-refractivity contribution is 5.75. The van der Waals surface area contributed by atoms with E-state index in [2.05, 4.69) is 15.2 Å². The summed E-state index contributed by atoms with van der Waals surface area (Å²) in [5.41, 5.74) is 0. The highest BCUT2D eigenvalue weighted by atomic mass is 16.5. The Morgan fingerprint density at radius 3 is 2.75 bits per heavy atom. The van der Waals surface area contributed by atoms with Gasteiger partial charge in [0, 0.05) is 32.0 Å². The van der Waals surface area contributed by atoms with Gasteiger partial charge in [-0.3, -0.25) is 9.69 Å². The van der Waals surface area contributed by atoms with E-state index >= 15 is 0 Å². The summed E-state index contributed by atoms with van der Waals surface area (Å²) in [4.78, 5) is 18.2. The SMILES string of the molecule is COC(=O)C(CCN(C)Cc1nccn1C)NC(C)C. The smallest absolute Gasteiger partial charge is 0.322 e. The predicted octanol–water partition coefficient (Wildman–Crippen LogP) is 0.782. The molecule has 0 saturated carbocycles. The van der Waals surface area contributed by atoms with Crippen molar-refractivity contribution < 1.29 is 9.53 Å². The predicted molar refractivity (Wildman–Crippen MR) is 78.2 cm³/mol. The highest BCUT2D eigenvalue weighted by Gasteiger charge is 2.20. The van der Waals surface area contributed by atoms with Crippen molar-refractivity contribution in [3.63, 3.8) is 0 Å². The maximum Gasteiger partial charge on any atom is 0.322 e. The van der Waals surface area contributed by atoms with Gasteiger partial charge in [0.1, 0.15) is 11.9 Å². The van der Waals surface area contributed by atoms with Gasteiger partial charge in [0.25, 0.3) is 0 Å². The fourth-order valence-corrected chi connectivity index (χ4v) is 2.03. The number of esters is 1. The Morgan fingerprint density at radius 1 is 1.55 bits per heavy atom. The Kier molecular flexibility index (Phi) is 6.67. The van der Waals surface area contributed by atoms with Gasteiger partial charge >= 0.3 is 5.97 Å². The fraction of sp³-hybridized carbons (Fsp3) is 0.714. The van der Waals surface area contributed by atoms with E-state index in [1.54, 1.807) is 6.20 Å². The van der Waals surface area contributed by atoms with E-state index < -0.39 is 0 Å². The molecule has 0 amide bonds. The van der Waals surface area contributed by atoms with Crippen LogP contribution in [0.4, 0.5) is 0 Å². The van der Waals surface area contributed by atoms with E-state index in [1.165, 1.54) is 7.11 Å². The Balaban J connectivity index is 2.45. The van der Waals surface area contributed by atoms with Crippen molar-refractivity contribution in [2.24, 2.45) is 7.05 Å². The normalized spacial score (nSPS) is 12.9. The number of aryl methyl sites for hydroxylation is 1. The van der Waals surface area contributed by atoms with Crippen LogP contribution < -0.4 is 5.32 Å². The Bertz CT molecular complexity index is 417. The topological polar surface area (TPSA) is 59.4 Å². The molecule has 0 aliphatic carbocycles. The molecule has 1 aromatic rings. The van der Waals surface area contributed by atoms with Crippen molar-refractivity contribution in [2.45, 2.75) is 38.9 Å². The molecule has 0 spiro atoms. The van der Waals surface area contributed by atoms with Crippen molar-refractivity contribution in [1.29, 1.82) is 0 Å². The van der Waals surface area contributed by atoms with Crippen molar-refractivity contribution in [3.05, 3.63) is 18.2 Å². The van der Waals surface area contributed by atoms with E-state index in [0.717, 1.165) is 18.9 Å². The van der Waals surface area contributed by atoms with Gasteiger partial charge in [0.15, 0.2) is 0 Å². The molecule has 114 valence electrons. The number of imidazole rings is 1. The molecule has 0 radical (unpaired) electrons. The van der Waals surface area contributed by atoms with E-state index in [4.69, 9.17) is 4.74 Å². The quantitative estimate of drug-likeness (QED) is 0.714. The molecule has 1 N–H and O–H groups in total. The molecule has 0 aliphatic heterocycles. The van der Waals surface area contributed by atoms with Gasteiger partial charge in [0.05, 0.1) is 13.7 Å². The molecule has 1 atom stereocenters. The summed E-state index contributed by atoms with van der Waals surface area (Å²) in [7, 11) is 5.43. The van der Waals surface area contributed by atoms with Crippen molar-refractivity contribution in [2.75, 3.05) is 20.7 Å². The highest BCUT2D eigenvalue weighted by Crippen LogP contribution is 2.03. The average Bonchev–Trinajstić information content (AvgIpc) is 2.78. The average molecular weight is 282 g/mol. The van der Waals surface area contributed by atoms with Gasteiger partial charge in [-0.1, -0.05) is 13.8 Å². The number of ether oxygens (including phenoxy) is 1. The number of carbonyl (C=O) groups is 1. The number of carbonyl (C=O) groups excluding carboxylic acids is 1. The molecule has 0 saturated heterocycles. The molecular weight excluding hydrogens is 256 g/mol. The number of nitrogens with zero attached hydrogens (tertiary/aromatic N) is 3. The zero-order valence-corrected chi connectivity index (χ0v) is 13.1. The first kappa shape index (κ1) is 16.7. The van der Waals surface area contributed by atoms with Crippen LogP contribution in [0.15, 0.2) is 12.4 Å².